The van der Waals surface area contributed by atoms with E-state index in [1.54, 1.807) is 45.2 Å². The summed E-state index contributed by atoms with van der Waals surface area (Å²) in [4.78, 5) is 38.7. The molecule has 0 bridgehead atoms. The number of fused-ring (bicyclic) bond motifs is 1. The van der Waals surface area contributed by atoms with Crippen LogP contribution in [-0.2, 0) is 6.42 Å². The number of pyridine rings is 3. The van der Waals surface area contributed by atoms with Crippen molar-refractivity contribution in [2.75, 3.05) is 7.11 Å². The largest absolute Gasteiger partial charge is 0.481 e. The van der Waals surface area contributed by atoms with Crippen LogP contribution in [0.1, 0.15) is 38.4 Å². The van der Waals surface area contributed by atoms with E-state index in [2.05, 4.69) is 15.0 Å². The molecule has 3 heterocycles. The number of aromatic nitrogens is 3. The molecule has 7 nitrogen and oxygen atoms in total. The lowest BCUT2D eigenvalue weighted by Crippen LogP contribution is -2.23. The summed E-state index contributed by atoms with van der Waals surface area (Å²) in [6, 6.07) is 11.7. The number of ketones is 1. The molecule has 41 heavy (non-hydrogen) atoms. The minimum atomic E-state index is -0.684. The Hall–Kier alpha value is -4.92. The topological polar surface area (TPSA) is 94.2 Å². The molecule has 0 aliphatic carbocycles. The molecule has 0 radical (unpaired) electrons. The van der Waals surface area contributed by atoms with Gasteiger partial charge in [0.1, 0.15) is 11.3 Å². The lowest BCUT2D eigenvalue weighted by atomic mass is 9.93. The summed E-state index contributed by atoms with van der Waals surface area (Å²) in [5.74, 6) is -0.929. The van der Waals surface area contributed by atoms with E-state index in [9.17, 15) is 14.0 Å². The average Bonchev–Trinajstić information content (AvgIpc) is 2.91. The van der Waals surface area contributed by atoms with Crippen LogP contribution in [-0.4, -0.2) is 27.8 Å². The number of halogens is 2. The lowest BCUT2D eigenvalue weighted by Gasteiger charge is -2.14. The van der Waals surface area contributed by atoms with Crippen molar-refractivity contribution in [2.45, 2.75) is 34.1 Å². The quantitative estimate of drug-likeness (QED) is 0.224. The number of carbonyl (C=O) groups is 1. The molecule has 2 aromatic carbocycles. The first-order chi connectivity index (χ1) is 19.6. The molecule has 5 rings (SSSR count). The zero-order valence-corrected chi connectivity index (χ0v) is 23.2. The van der Waals surface area contributed by atoms with Crippen molar-refractivity contribution < 1.29 is 23.0 Å². The highest BCUT2D eigenvalue weighted by Crippen LogP contribution is 2.32. The third kappa shape index (κ3) is 5.30. The fourth-order valence-electron chi connectivity index (χ4n) is 4.98. The van der Waals surface area contributed by atoms with Gasteiger partial charge in [-0.05, 0) is 74.7 Å². The number of carbonyl (C=O) groups excluding carboxylic acids is 1. The standard InChI is InChI=1S/C32H27F2N3O4/c1-16-12-21(33)7-8-22(16)28-18(3)36-19(4)29(31(28)39)25(38)15-20-6-9-26(23(34)14-20)41-27-10-11-35-24-13-17(2)32(40-5)37-30(24)27/h6-14H,15H2,1-5H3,(H,36,39). The highest BCUT2D eigenvalue weighted by atomic mass is 19.1. The molecule has 9 heteroatoms. The number of hydrogen-bond acceptors (Lipinski definition) is 6. The fraction of sp³-hybridized carbons (Fsp3) is 0.188. The first kappa shape index (κ1) is 27.6. The van der Waals surface area contributed by atoms with Crippen LogP contribution in [0.25, 0.3) is 22.2 Å². The Balaban J connectivity index is 1.44. The van der Waals surface area contributed by atoms with Gasteiger partial charge in [-0.15, -0.1) is 0 Å². The van der Waals surface area contributed by atoms with Gasteiger partial charge in [-0.2, -0.15) is 0 Å². The number of nitrogens with zero attached hydrogens (tertiary/aromatic N) is 2. The normalized spacial score (nSPS) is 11.1. The summed E-state index contributed by atoms with van der Waals surface area (Å²) >= 11 is 0. The summed E-state index contributed by atoms with van der Waals surface area (Å²) in [6.07, 6.45) is 1.33. The average molecular weight is 556 g/mol. The highest BCUT2D eigenvalue weighted by Gasteiger charge is 2.22. The second-order valence-corrected chi connectivity index (χ2v) is 9.87. The Bertz CT molecular complexity index is 1900. The zero-order valence-electron chi connectivity index (χ0n) is 23.2. The Labute approximate surface area is 234 Å². The van der Waals surface area contributed by atoms with Gasteiger partial charge >= 0.3 is 0 Å². The van der Waals surface area contributed by atoms with E-state index in [4.69, 9.17) is 9.47 Å². The molecule has 0 fully saturated rings. The van der Waals surface area contributed by atoms with E-state index in [0.29, 0.717) is 56.3 Å². The molecule has 208 valence electrons. The number of H-pyrrole nitrogens is 1. The number of rotatable bonds is 7. The van der Waals surface area contributed by atoms with Gasteiger partial charge in [-0.25, -0.2) is 13.8 Å². The number of Topliss-reactive ketones (excluding diaryl/α,β-unsaturated/α-hetero) is 1. The van der Waals surface area contributed by atoms with Gasteiger partial charge in [0, 0.05) is 41.2 Å². The maximum atomic E-state index is 15.2. The van der Waals surface area contributed by atoms with E-state index in [1.165, 1.54) is 37.4 Å². The van der Waals surface area contributed by atoms with E-state index in [-0.39, 0.29) is 17.7 Å². The smallest absolute Gasteiger partial charge is 0.216 e. The van der Waals surface area contributed by atoms with Crippen molar-refractivity contribution in [2.24, 2.45) is 0 Å². The molecule has 1 N–H and O–H groups in total. The minimum Gasteiger partial charge on any atom is -0.481 e. The Kier molecular flexibility index (Phi) is 7.36. The molecule has 5 aromatic rings. The molecule has 0 unspecified atom stereocenters. The summed E-state index contributed by atoms with van der Waals surface area (Å²) in [5.41, 5.74) is 4.06. The summed E-state index contributed by atoms with van der Waals surface area (Å²) in [6.45, 7) is 6.92. The predicted molar refractivity (Wildman–Crippen MR) is 152 cm³/mol. The lowest BCUT2D eigenvalue weighted by molar-refractivity contribution is 0.0991. The third-order valence-corrected chi connectivity index (χ3v) is 6.91. The number of methoxy groups -OCH3 is 1. The van der Waals surface area contributed by atoms with Crippen molar-refractivity contribution in [1.82, 2.24) is 15.0 Å². The maximum Gasteiger partial charge on any atom is 0.216 e. The number of benzene rings is 2. The third-order valence-electron chi connectivity index (χ3n) is 6.91. The van der Waals surface area contributed by atoms with Crippen LogP contribution in [0.2, 0.25) is 0 Å². The number of hydrogen-bond donors (Lipinski definition) is 1. The van der Waals surface area contributed by atoms with Crippen LogP contribution in [0.5, 0.6) is 17.4 Å². The second-order valence-electron chi connectivity index (χ2n) is 9.87. The van der Waals surface area contributed by atoms with Crippen molar-refractivity contribution in [3.8, 4) is 28.5 Å². The summed E-state index contributed by atoms with van der Waals surface area (Å²) < 4.78 is 40.0. The van der Waals surface area contributed by atoms with Gasteiger partial charge in [0.05, 0.1) is 18.2 Å². The monoisotopic (exact) mass is 555 g/mol. The molecule has 0 saturated carbocycles. The number of aryl methyl sites for hydroxylation is 4. The summed E-state index contributed by atoms with van der Waals surface area (Å²) in [5, 5.41) is 0. The molecular weight excluding hydrogens is 528 g/mol. The van der Waals surface area contributed by atoms with Crippen molar-refractivity contribution >= 4 is 16.8 Å². The number of ether oxygens (including phenoxy) is 2. The van der Waals surface area contributed by atoms with Crippen molar-refractivity contribution in [3.05, 3.63) is 110 Å². The molecule has 0 amide bonds. The van der Waals surface area contributed by atoms with Crippen LogP contribution in [0.15, 0.2) is 59.5 Å². The van der Waals surface area contributed by atoms with E-state index in [1.807, 2.05) is 6.92 Å². The van der Waals surface area contributed by atoms with Gasteiger partial charge in [0.2, 0.25) is 11.3 Å². The number of aromatic amines is 1. The van der Waals surface area contributed by atoms with Crippen LogP contribution in [0, 0.1) is 39.3 Å². The Morgan fingerprint density at radius 2 is 1.71 bits per heavy atom. The molecular formula is C32H27F2N3O4. The zero-order chi connectivity index (χ0) is 29.4. The maximum absolute atomic E-state index is 15.2. The SMILES string of the molecule is COc1nc2c(Oc3ccc(CC(=O)c4c(C)[nH]c(C)c(-c5ccc(F)cc5C)c4=O)cc3F)ccnc2cc1C. The molecule has 0 aliphatic heterocycles. The first-order valence-corrected chi connectivity index (χ1v) is 12.9. The van der Waals surface area contributed by atoms with Gasteiger partial charge in [0.25, 0.3) is 0 Å². The Morgan fingerprint density at radius 3 is 2.41 bits per heavy atom. The van der Waals surface area contributed by atoms with Crippen LogP contribution in [0.3, 0.4) is 0 Å². The predicted octanol–water partition coefficient (Wildman–Crippen LogP) is 6.72. The molecule has 0 atom stereocenters. The van der Waals surface area contributed by atoms with Gasteiger partial charge in [-0.3, -0.25) is 14.6 Å². The molecule has 0 spiro atoms. The molecule has 0 saturated heterocycles. The Morgan fingerprint density at radius 1 is 0.927 bits per heavy atom. The highest BCUT2D eigenvalue weighted by molar-refractivity contribution is 5.99. The van der Waals surface area contributed by atoms with Gasteiger partial charge in [0.15, 0.2) is 23.1 Å². The molecule has 3 aromatic heterocycles. The van der Waals surface area contributed by atoms with Crippen LogP contribution in [0.4, 0.5) is 8.78 Å². The first-order valence-electron chi connectivity index (χ1n) is 12.9. The van der Waals surface area contributed by atoms with E-state index in [0.717, 1.165) is 5.56 Å². The van der Waals surface area contributed by atoms with E-state index >= 15 is 4.39 Å². The number of nitrogens with one attached hydrogen (secondary N) is 1. The van der Waals surface area contributed by atoms with Gasteiger partial charge in [-0.1, -0.05) is 12.1 Å². The van der Waals surface area contributed by atoms with Crippen LogP contribution >= 0.6 is 0 Å². The fourth-order valence-corrected chi connectivity index (χ4v) is 4.98. The molecule has 0 aliphatic rings. The van der Waals surface area contributed by atoms with Gasteiger partial charge < -0.3 is 14.5 Å². The van der Waals surface area contributed by atoms with E-state index < -0.39 is 22.8 Å². The van der Waals surface area contributed by atoms with Crippen molar-refractivity contribution in [1.29, 1.82) is 0 Å². The second kappa shape index (κ2) is 10.9. The van der Waals surface area contributed by atoms with Crippen LogP contribution < -0.4 is 14.9 Å². The minimum absolute atomic E-state index is 0.0198. The summed E-state index contributed by atoms with van der Waals surface area (Å²) in [7, 11) is 1.51. The van der Waals surface area contributed by atoms with Crippen molar-refractivity contribution in [3.63, 3.8) is 0 Å².